The highest BCUT2D eigenvalue weighted by atomic mass is 16.5. The summed E-state index contributed by atoms with van der Waals surface area (Å²) in [5.41, 5.74) is 0. The van der Waals surface area contributed by atoms with Crippen LogP contribution in [0, 0.1) is 11.8 Å². The molecule has 1 heterocycles. The fraction of sp³-hybridized carbons (Fsp3) is 0.300. The van der Waals surface area contributed by atoms with Gasteiger partial charge < -0.3 is 14.3 Å². The Hall–Kier alpha value is -1.73. The molecule has 4 heteroatoms. The molecule has 4 nitrogen and oxygen atoms in total. The summed E-state index contributed by atoms with van der Waals surface area (Å²) >= 11 is 0. The quantitative estimate of drug-likeness (QED) is 0.431. The van der Waals surface area contributed by atoms with Crippen molar-refractivity contribution in [3.63, 3.8) is 0 Å². The summed E-state index contributed by atoms with van der Waals surface area (Å²) < 4.78 is 9.44. The summed E-state index contributed by atoms with van der Waals surface area (Å²) in [6.45, 7) is 1.95. The lowest BCUT2D eigenvalue weighted by molar-refractivity contribution is -0.136. The maximum absolute atomic E-state index is 10.8. The van der Waals surface area contributed by atoms with E-state index in [2.05, 4.69) is 16.6 Å². The molecule has 1 aromatic rings. The van der Waals surface area contributed by atoms with Gasteiger partial charge in [-0.05, 0) is 19.1 Å². The van der Waals surface area contributed by atoms with Crippen LogP contribution in [0.25, 0.3) is 0 Å². The van der Waals surface area contributed by atoms with E-state index in [0.29, 0.717) is 5.76 Å². The number of rotatable bonds is 2. The first-order valence-corrected chi connectivity index (χ1v) is 4.13. The monoisotopic (exact) mass is 194 g/mol. The summed E-state index contributed by atoms with van der Waals surface area (Å²) in [5, 5.41) is 9.35. The van der Waals surface area contributed by atoms with Crippen molar-refractivity contribution in [1.82, 2.24) is 0 Å². The maximum atomic E-state index is 10.8. The van der Waals surface area contributed by atoms with Crippen LogP contribution in [0.3, 0.4) is 0 Å². The van der Waals surface area contributed by atoms with Gasteiger partial charge in [0.25, 0.3) is 0 Å². The van der Waals surface area contributed by atoms with Crippen molar-refractivity contribution in [2.45, 2.75) is 13.0 Å². The topological polar surface area (TPSA) is 59.7 Å². The third-order valence-corrected chi connectivity index (χ3v) is 1.40. The molecule has 1 N–H and O–H groups in total. The van der Waals surface area contributed by atoms with E-state index in [-0.39, 0.29) is 6.61 Å². The number of carbonyl (C=O) groups is 1. The number of hydrogen-bond acceptors (Lipinski definition) is 4. The Balaban J connectivity index is 2.55. The molecule has 0 aliphatic rings. The molecule has 0 bridgehead atoms. The van der Waals surface area contributed by atoms with Crippen LogP contribution in [-0.4, -0.2) is 17.7 Å². The predicted molar refractivity (Wildman–Crippen MR) is 48.1 cm³/mol. The van der Waals surface area contributed by atoms with Crippen molar-refractivity contribution in [2.75, 3.05) is 6.61 Å². The van der Waals surface area contributed by atoms with E-state index in [9.17, 15) is 9.90 Å². The molecule has 0 aliphatic heterocycles. The standard InChI is InChI=1S/C10H10O4/c1-2-13-10(12)6-5-8(11)9-4-3-7-14-9/h3-4,7-8,11H,2H2,1H3/t8-/m0/s1. The maximum Gasteiger partial charge on any atom is 0.384 e. The zero-order valence-electron chi connectivity index (χ0n) is 7.69. The van der Waals surface area contributed by atoms with Gasteiger partial charge >= 0.3 is 5.97 Å². The van der Waals surface area contributed by atoms with Gasteiger partial charge in [0.1, 0.15) is 5.76 Å². The highest BCUT2D eigenvalue weighted by molar-refractivity contribution is 5.88. The Morgan fingerprint density at radius 3 is 3.14 bits per heavy atom. The summed E-state index contributed by atoms with van der Waals surface area (Å²) in [5.74, 6) is 4.11. The van der Waals surface area contributed by atoms with Crippen LogP contribution in [0.1, 0.15) is 18.8 Å². The van der Waals surface area contributed by atoms with Crippen LogP contribution in [0.2, 0.25) is 0 Å². The van der Waals surface area contributed by atoms with Gasteiger partial charge in [-0.3, -0.25) is 0 Å². The van der Waals surface area contributed by atoms with Crippen molar-refractivity contribution >= 4 is 5.97 Å². The molecule has 0 saturated heterocycles. The lowest BCUT2D eigenvalue weighted by atomic mass is 10.3. The fourth-order valence-corrected chi connectivity index (χ4v) is 0.812. The van der Waals surface area contributed by atoms with Crippen LogP contribution in [0.5, 0.6) is 0 Å². The largest absolute Gasteiger partial charge is 0.466 e. The van der Waals surface area contributed by atoms with Crippen molar-refractivity contribution < 1.29 is 19.1 Å². The minimum Gasteiger partial charge on any atom is -0.466 e. The van der Waals surface area contributed by atoms with Gasteiger partial charge in [0, 0.05) is 5.92 Å². The number of carbonyl (C=O) groups excluding carboxylic acids is 1. The van der Waals surface area contributed by atoms with E-state index in [4.69, 9.17) is 4.42 Å². The van der Waals surface area contributed by atoms with E-state index in [1.54, 1.807) is 19.1 Å². The average molecular weight is 194 g/mol. The lowest BCUT2D eigenvalue weighted by Crippen LogP contribution is -2.01. The highest BCUT2D eigenvalue weighted by Crippen LogP contribution is 2.10. The van der Waals surface area contributed by atoms with Gasteiger partial charge in [0.2, 0.25) is 0 Å². The molecule has 1 rings (SSSR count). The molecule has 14 heavy (non-hydrogen) atoms. The van der Waals surface area contributed by atoms with Gasteiger partial charge in [-0.15, -0.1) is 0 Å². The Labute approximate surface area is 81.5 Å². The number of aliphatic hydroxyl groups excluding tert-OH is 1. The Bertz CT molecular complexity index is 342. The zero-order valence-corrected chi connectivity index (χ0v) is 7.69. The van der Waals surface area contributed by atoms with E-state index < -0.39 is 12.1 Å². The fourth-order valence-electron chi connectivity index (χ4n) is 0.812. The zero-order chi connectivity index (χ0) is 10.4. The summed E-state index contributed by atoms with van der Waals surface area (Å²) in [6.07, 6.45) is 0.333. The minimum atomic E-state index is -1.09. The third kappa shape index (κ3) is 2.96. The van der Waals surface area contributed by atoms with Gasteiger partial charge in [-0.25, -0.2) is 4.79 Å². The van der Waals surface area contributed by atoms with Gasteiger partial charge in [0.15, 0.2) is 6.10 Å². The molecule has 0 fully saturated rings. The van der Waals surface area contributed by atoms with Gasteiger partial charge in [0.05, 0.1) is 12.9 Å². The molecule has 1 atom stereocenters. The molecular formula is C10H10O4. The molecule has 74 valence electrons. The van der Waals surface area contributed by atoms with Crippen molar-refractivity contribution in [2.24, 2.45) is 0 Å². The smallest absolute Gasteiger partial charge is 0.384 e. The second kappa shape index (κ2) is 5.10. The summed E-state index contributed by atoms with van der Waals surface area (Å²) in [7, 11) is 0. The number of hydrogen-bond donors (Lipinski definition) is 1. The number of ether oxygens (including phenoxy) is 1. The van der Waals surface area contributed by atoms with Crippen LogP contribution in [0.4, 0.5) is 0 Å². The van der Waals surface area contributed by atoms with Crippen LogP contribution in [-0.2, 0) is 9.53 Å². The predicted octanol–water partition coefficient (Wildman–Crippen LogP) is 0.880. The second-order valence-electron chi connectivity index (χ2n) is 2.41. The SMILES string of the molecule is CCOC(=O)C#C[C@H](O)c1ccco1. The number of furan rings is 1. The molecule has 0 aliphatic carbocycles. The summed E-state index contributed by atoms with van der Waals surface area (Å²) in [6, 6.07) is 3.20. The molecule has 0 spiro atoms. The minimum absolute atomic E-state index is 0.268. The lowest BCUT2D eigenvalue weighted by Gasteiger charge is -1.96. The molecule has 0 aromatic carbocycles. The third-order valence-electron chi connectivity index (χ3n) is 1.40. The van der Waals surface area contributed by atoms with Crippen molar-refractivity contribution in [3.05, 3.63) is 24.2 Å². The molecule has 0 amide bonds. The summed E-state index contributed by atoms with van der Waals surface area (Å²) in [4.78, 5) is 10.8. The Morgan fingerprint density at radius 2 is 2.57 bits per heavy atom. The number of aliphatic hydroxyl groups is 1. The second-order valence-corrected chi connectivity index (χ2v) is 2.41. The van der Waals surface area contributed by atoms with E-state index >= 15 is 0 Å². The normalized spacial score (nSPS) is 11.3. The average Bonchev–Trinajstić information content (AvgIpc) is 2.67. The van der Waals surface area contributed by atoms with Crippen LogP contribution >= 0.6 is 0 Å². The molecule has 0 radical (unpaired) electrons. The molecule has 0 unspecified atom stereocenters. The highest BCUT2D eigenvalue weighted by Gasteiger charge is 2.06. The Morgan fingerprint density at radius 1 is 1.79 bits per heavy atom. The van der Waals surface area contributed by atoms with Crippen LogP contribution < -0.4 is 0 Å². The Kier molecular flexibility index (Phi) is 3.77. The van der Waals surface area contributed by atoms with Crippen LogP contribution in [0.15, 0.2) is 22.8 Å². The van der Waals surface area contributed by atoms with E-state index in [0.717, 1.165) is 0 Å². The molecular weight excluding hydrogens is 184 g/mol. The molecule has 1 aromatic heterocycles. The van der Waals surface area contributed by atoms with Gasteiger partial charge in [-0.2, -0.15) is 0 Å². The first-order valence-electron chi connectivity index (χ1n) is 4.13. The number of esters is 1. The van der Waals surface area contributed by atoms with E-state index in [1.807, 2.05) is 0 Å². The van der Waals surface area contributed by atoms with Crippen molar-refractivity contribution in [1.29, 1.82) is 0 Å². The van der Waals surface area contributed by atoms with Crippen molar-refractivity contribution in [3.8, 4) is 11.8 Å². The molecule has 0 saturated carbocycles. The van der Waals surface area contributed by atoms with E-state index in [1.165, 1.54) is 6.26 Å². The first-order chi connectivity index (χ1) is 6.74. The van der Waals surface area contributed by atoms with Gasteiger partial charge in [-0.1, -0.05) is 5.92 Å². The first kappa shape index (κ1) is 10.4.